The number of carbonyl (C=O) groups excluding carboxylic acids is 1. The minimum atomic E-state index is -0.353. The highest BCUT2D eigenvalue weighted by Gasteiger charge is 2.31. The first kappa shape index (κ1) is 12.2. The van der Waals surface area contributed by atoms with Crippen LogP contribution in [-0.4, -0.2) is 59.2 Å². The number of aliphatic hydroxyl groups is 1. The molecule has 2 saturated heterocycles. The van der Waals surface area contributed by atoms with Gasteiger partial charge >= 0.3 is 0 Å². The fourth-order valence-corrected chi connectivity index (χ4v) is 3.12. The number of hydrogen-bond donors (Lipinski definition) is 2. The summed E-state index contributed by atoms with van der Waals surface area (Å²) in [5.41, 5.74) is 0. The number of β-amino-alcohol motifs (C(OH)–C–C–N with tert-alkyl or cyclic N) is 1. The van der Waals surface area contributed by atoms with Gasteiger partial charge in [0.15, 0.2) is 0 Å². The van der Waals surface area contributed by atoms with Crippen LogP contribution < -0.4 is 5.32 Å². The molecule has 2 fully saturated rings. The molecule has 0 bridgehead atoms. The number of carbonyl (C=O) groups is 1. The van der Waals surface area contributed by atoms with Crippen molar-refractivity contribution in [1.29, 1.82) is 0 Å². The van der Waals surface area contributed by atoms with Crippen molar-refractivity contribution >= 4 is 17.7 Å². The summed E-state index contributed by atoms with van der Waals surface area (Å²) in [6.45, 7) is 4.25. The zero-order valence-electron chi connectivity index (χ0n) is 9.69. The molecule has 0 spiro atoms. The molecule has 0 aromatic rings. The number of nitrogens with one attached hydrogen (secondary N) is 1. The molecule has 5 heteroatoms. The van der Waals surface area contributed by atoms with Crippen molar-refractivity contribution < 1.29 is 9.90 Å². The molecule has 2 aliphatic rings. The van der Waals surface area contributed by atoms with E-state index in [0.717, 1.165) is 31.0 Å². The number of amides is 1. The molecule has 16 heavy (non-hydrogen) atoms. The fourth-order valence-electron chi connectivity index (χ4n) is 2.19. The maximum Gasteiger partial charge on any atom is 0.240 e. The lowest BCUT2D eigenvalue weighted by molar-refractivity contribution is -0.137. The first-order chi connectivity index (χ1) is 7.68. The molecule has 2 heterocycles. The molecule has 0 aromatic carbocycles. The molecular weight excluding hydrogens is 224 g/mol. The van der Waals surface area contributed by atoms with Crippen molar-refractivity contribution in [2.24, 2.45) is 5.92 Å². The maximum absolute atomic E-state index is 12.1. The van der Waals surface area contributed by atoms with Crippen molar-refractivity contribution in [3.05, 3.63) is 0 Å². The van der Waals surface area contributed by atoms with Gasteiger partial charge in [-0.3, -0.25) is 4.79 Å². The van der Waals surface area contributed by atoms with Crippen molar-refractivity contribution in [1.82, 2.24) is 10.2 Å². The fraction of sp³-hybridized carbons (Fsp3) is 0.909. The minimum Gasteiger partial charge on any atom is -0.391 e. The van der Waals surface area contributed by atoms with Gasteiger partial charge in [-0.25, -0.2) is 0 Å². The van der Waals surface area contributed by atoms with Crippen LogP contribution in [0.5, 0.6) is 0 Å². The maximum atomic E-state index is 12.1. The van der Waals surface area contributed by atoms with Crippen LogP contribution >= 0.6 is 11.8 Å². The van der Waals surface area contributed by atoms with Gasteiger partial charge < -0.3 is 15.3 Å². The second-order valence-electron chi connectivity index (χ2n) is 4.70. The minimum absolute atomic E-state index is 0.0423. The van der Waals surface area contributed by atoms with E-state index in [4.69, 9.17) is 0 Å². The molecule has 2 N–H and O–H groups in total. The van der Waals surface area contributed by atoms with E-state index in [1.54, 1.807) is 0 Å². The van der Waals surface area contributed by atoms with Gasteiger partial charge in [-0.2, -0.15) is 11.8 Å². The Bertz CT molecular complexity index is 256. The highest BCUT2D eigenvalue weighted by Crippen LogP contribution is 2.19. The summed E-state index contributed by atoms with van der Waals surface area (Å²) in [5, 5.41) is 13.0. The van der Waals surface area contributed by atoms with Crippen LogP contribution in [0.2, 0.25) is 0 Å². The van der Waals surface area contributed by atoms with Gasteiger partial charge in [-0.05, 0) is 12.3 Å². The molecule has 1 amide bonds. The van der Waals surface area contributed by atoms with E-state index in [9.17, 15) is 9.90 Å². The Morgan fingerprint density at radius 2 is 2.38 bits per heavy atom. The highest BCUT2D eigenvalue weighted by atomic mass is 32.2. The molecule has 0 aromatic heterocycles. The Balaban J connectivity index is 1.89. The standard InChI is InChI=1S/C11H20N2O2S/c1-8-2-4-13(6-10(8)14)11(15)9-7-16-5-3-12-9/h8-10,12,14H,2-7H2,1H3. The number of piperidine rings is 1. The SMILES string of the molecule is CC1CCN(C(=O)C2CSCCN2)CC1O. The second kappa shape index (κ2) is 5.38. The zero-order chi connectivity index (χ0) is 11.5. The molecule has 2 rings (SSSR count). The van der Waals surface area contributed by atoms with E-state index >= 15 is 0 Å². The molecule has 0 aliphatic carbocycles. The molecule has 0 radical (unpaired) electrons. The van der Waals surface area contributed by atoms with Crippen LogP contribution in [0.3, 0.4) is 0 Å². The molecule has 2 aliphatic heterocycles. The number of nitrogens with zero attached hydrogens (tertiary/aromatic N) is 1. The number of aliphatic hydroxyl groups excluding tert-OH is 1. The number of likely N-dealkylation sites (tertiary alicyclic amines) is 1. The summed E-state index contributed by atoms with van der Waals surface area (Å²) >= 11 is 1.82. The molecule has 92 valence electrons. The van der Waals surface area contributed by atoms with Crippen LogP contribution in [0.4, 0.5) is 0 Å². The zero-order valence-corrected chi connectivity index (χ0v) is 10.5. The quantitative estimate of drug-likeness (QED) is 0.677. The largest absolute Gasteiger partial charge is 0.391 e. The van der Waals surface area contributed by atoms with Crippen LogP contribution in [-0.2, 0) is 4.79 Å². The number of thioether (sulfide) groups is 1. The van der Waals surface area contributed by atoms with Gasteiger partial charge in [0.1, 0.15) is 0 Å². The predicted octanol–water partition coefficient (Wildman–Crippen LogP) is -0.0793. The smallest absolute Gasteiger partial charge is 0.240 e. The van der Waals surface area contributed by atoms with Crippen molar-refractivity contribution in [3.63, 3.8) is 0 Å². The third-order valence-electron chi connectivity index (χ3n) is 3.45. The Labute approximate surface area is 101 Å². The van der Waals surface area contributed by atoms with Crippen LogP contribution in [0, 0.1) is 5.92 Å². The Kier molecular flexibility index (Phi) is 4.10. The van der Waals surface area contributed by atoms with Gasteiger partial charge in [-0.1, -0.05) is 6.92 Å². The first-order valence-corrected chi connectivity index (χ1v) is 7.12. The summed E-state index contributed by atoms with van der Waals surface area (Å²) in [6.07, 6.45) is 0.557. The lowest BCUT2D eigenvalue weighted by atomic mass is 9.95. The van der Waals surface area contributed by atoms with E-state index in [-0.39, 0.29) is 18.1 Å². The third-order valence-corrected chi connectivity index (χ3v) is 4.51. The second-order valence-corrected chi connectivity index (χ2v) is 5.85. The van der Waals surface area contributed by atoms with E-state index in [0.29, 0.717) is 12.5 Å². The van der Waals surface area contributed by atoms with E-state index in [1.807, 2.05) is 23.6 Å². The van der Waals surface area contributed by atoms with Gasteiger partial charge in [0.2, 0.25) is 5.91 Å². The van der Waals surface area contributed by atoms with Crippen LogP contribution in [0.1, 0.15) is 13.3 Å². The van der Waals surface area contributed by atoms with E-state index in [2.05, 4.69) is 5.32 Å². The first-order valence-electron chi connectivity index (χ1n) is 5.96. The lowest BCUT2D eigenvalue weighted by Gasteiger charge is -2.37. The highest BCUT2D eigenvalue weighted by molar-refractivity contribution is 7.99. The average Bonchev–Trinajstić information content (AvgIpc) is 2.33. The van der Waals surface area contributed by atoms with Crippen molar-refractivity contribution in [3.8, 4) is 0 Å². The summed E-state index contributed by atoms with van der Waals surface area (Å²) in [6, 6.07) is -0.0423. The Morgan fingerprint density at radius 1 is 1.56 bits per heavy atom. The van der Waals surface area contributed by atoms with Crippen molar-refractivity contribution in [2.75, 3.05) is 31.1 Å². The average molecular weight is 244 g/mol. The van der Waals surface area contributed by atoms with E-state index < -0.39 is 0 Å². The third kappa shape index (κ3) is 2.70. The van der Waals surface area contributed by atoms with Gasteiger partial charge in [0, 0.05) is 31.1 Å². The predicted molar refractivity (Wildman–Crippen MR) is 65.5 cm³/mol. The molecule has 0 saturated carbocycles. The lowest BCUT2D eigenvalue weighted by Crippen LogP contribution is -2.54. The number of rotatable bonds is 1. The summed E-state index contributed by atoms with van der Waals surface area (Å²) in [4.78, 5) is 14.0. The van der Waals surface area contributed by atoms with Gasteiger partial charge in [0.25, 0.3) is 0 Å². The normalized spacial score (nSPS) is 36.1. The van der Waals surface area contributed by atoms with Crippen LogP contribution in [0.25, 0.3) is 0 Å². The monoisotopic (exact) mass is 244 g/mol. The molecule has 4 nitrogen and oxygen atoms in total. The Hall–Kier alpha value is -0.260. The van der Waals surface area contributed by atoms with Gasteiger partial charge in [-0.15, -0.1) is 0 Å². The molecule has 3 unspecified atom stereocenters. The van der Waals surface area contributed by atoms with Crippen LogP contribution in [0.15, 0.2) is 0 Å². The number of hydrogen-bond acceptors (Lipinski definition) is 4. The molecule has 3 atom stereocenters. The van der Waals surface area contributed by atoms with Gasteiger partial charge in [0.05, 0.1) is 12.1 Å². The molecular formula is C11H20N2O2S. The van der Waals surface area contributed by atoms with Crippen molar-refractivity contribution in [2.45, 2.75) is 25.5 Å². The van der Waals surface area contributed by atoms with E-state index in [1.165, 1.54) is 0 Å². The summed E-state index contributed by atoms with van der Waals surface area (Å²) in [7, 11) is 0. The summed E-state index contributed by atoms with van der Waals surface area (Å²) in [5.74, 6) is 2.43. The summed E-state index contributed by atoms with van der Waals surface area (Å²) < 4.78 is 0. The Morgan fingerprint density at radius 3 is 3.00 bits per heavy atom. The topological polar surface area (TPSA) is 52.6 Å².